The second-order valence-corrected chi connectivity index (χ2v) is 4.56. The lowest BCUT2D eigenvalue weighted by Crippen LogP contribution is -2.13. The molecule has 7 nitrogen and oxygen atoms in total. The number of benzene rings is 1. The quantitative estimate of drug-likeness (QED) is 0.495. The highest BCUT2D eigenvalue weighted by atomic mass is 16.6. The van der Waals surface area contributed by atoms with Gasteiger partial charge in [-0.05, 0) is 31.5 Å². The van der Waals surface area contributed by atoms with E-state index in [-0.39, 0.29) is 5.69 Å². The van der Waals surface area contributed by atoms with Gasteiger partial charge in [-0.3, -0.25) is 10.1 Å². The summed E-state index contributed by atoms with van der Waals surface area (Å²) in [7, 11) is 0. The molecule has 0 fully saturated rings. The number of nitro benzene ring substituents is 1. The maximum atomic E-state index is 10.7. The number of nitrogens with one attached hydrogen (secondary N) is 1. The lowest BCUT2D eigenvalue weighted by atomic mass is 10.2. The van der Waals surface area contributed by atoms with Gasteiger partial charge in [0.2, 0.25) is 0 Å². The van der Waals surface area contributed by atoms with E-state index in [2.05, 4.69) is 22.6 Å². The first-order valence-electron chi connectivity index (χ1n) is 6.49. The molecule has 0 saturated carbocycles. The Labute approximate surface area is 116 Å². The van der Waals surface area contributed by atoms with Gasteiger partial charge in [0.1, 0.15) is 0 Å². The summed E-state index contributed by atoms with van der Waals surface area (Å²) in [5.41, 5.74) is 2.51. The molecule has 0 aliphatic rings. The lowest BCUT2D eigenvalue weighted by molar-refractivity contribution is -0.384. The van der Waals surface area contributed by atoms with Gasteiger partial charge in [-0.1, -0.05) is 12.1 Å². The Morgan fingerprint density at radius 2 is 2.25 bits per heavy atom. The Morgan fingerprint density at radius 1 is 1.45 bits per heavy atom. The number of hydrogen-bond donors (Lipinski definition) is 1. The first-order valence-corrected chi connectivity index (χ1v) is 6.49. The van der Waals surface area contributed by atoms with E-state index in [0.29, 0.717) is 6.54 Å². The summed E-state index contributed by atoms with van der Waals surface area (Å²) in [6.07, 6.45) is 2.90. The zero-order valence-electron chi connectivity index (χ0n) is 11.5. The SMILES string of the molecule is CCCNCc1cn(-c2ccc([N+](=O)[O-])cc2C)nn1. The van der Waals surface area contributed by atoms with Crippen molar-refractivity contribution >= 4 is 5.69 Å². The summed E-state index contributed by atoms with van der Waals surface area (Å²) < 4.78 is 1.64. The third-order valence-corrected chi connectivity index (χ3v) is 2.91. The number of hydrogen-bond acceptors (Lipinski definition) is 5. The van der Waals surface area contributed by atoms with Gasteiger partial charge in [0, 0.05) is 18.7 Å². The van der Waals surface area contributed by atoms with E-state index in [1.54, 1.807) is 10.7 Å². The maximum absolute atomic E-state index is 10.7. The number of aryl methyl sites for hydroxylation is 1. The van der Waals surface area contributed by atoms with Crippen LogP contribution in [0.2, 0.25) is 0 Å². The van der Waals surface area contributed by atoms with Gasteiger partial charge in [-0.15, -0.1) is 5.10 Å². The highest BCUT2D eigenvalue weighted by Gasteiger charge is 2.10. The Morgan fingerprint density at radius 3 is 2.90 bits per heavy atom. The van der Waals surface area contributed by atoms with Crippen molar-refractivity contribution in [2.24, 2.45) is 0 Å². The van der Waals surface area contributed by atoms with E-state index in [1.165, 1.54) is 12.1 Å². The van der Waals surface area contributed by atoms with Crippen LogP contribution < -0.4 is 5.32 Å². The third kappa shape index (κ3) is 3.18. The number of nitro groups is 1. The monoisotopic (exact) mass is 275 g/mol. The molecule has 7 heteroatoms. The lowest BCUT2D eigenvalue weighted by Gasteiger charge is -2.04. The van der Waals surface area contributed by atoms with Gasteiger partial charge in [0.25, 0.3) is 5.69 Å². The van der Waals surface area contributed by atoms with E-state index in [4.69, 9.17) is 0 Å². The standard InChI is InChI=1S/C13H17N5O2/c1-3-6-14-8-11-9-17(16-15-11)13-5-4-12(18(19)20)7-10(13)2/h4-5,7,9,14H,3,6,8H2,1-2H3. The van der Waals surface area contributed by atoms with Crippen LogP contribution in [-0.2, 0) is 6.54 Å². The number of rotatable bonds is 6. The van der Waals surface area contributed by atoms with Crippen LogP contribution >= 0.6 is 0 Å². The van der Waals surface area contributed by atoms with Crippen LogP contribution in [0, 0.1) is 17.0 Å². The maximum Gasteiger partial charge on any atom is 0.269 e. The first kappa shape index (κ1) is 14.1. The van der Waals surface area contributed by atoms with Crippen molar-refractivity contribution in [1.82, 2.24) is 20.3 Å². The molecule has 0 saturated heterocycles. The van der Waals surface area contributed by atoms with Gasteiger partial charge < -0.3 is 5.32 Å². The average Bonchev–Trinajstić information content (AvgIpc) is 2.87. The third-order valence-electron chi connectivity index (χ3n) is 2.91. The van der Waals surface area contributed by atoms with Crippen molar-refractivity contribution in [2.75, 3.05) is 6.54 Å². The normalized spacial score (nSPS) is 10.7. The van der Waals surface area contributed by atoms with Crippen LogP contribution in [0.3, 0.4) is 0 Å². The largest absolute Gasteiger partial charge is 0.311 e. The molecular formula is C13H17N5O2. The Hall–Kier alpha value is -2.28. The molecule has 20 heavy (non-hydrogen) atoms. The second-order valence-electron chi connectivity index (χ2n) is 4.56. The summed E-state index contributed by atoms with van der Waals surface area (Å²) in [4.78, 5) is 10.3. The molecule has 0 spiro atoms. The van der Waals surface area contributed by atoms with Gasteiger partial charge in [-0.2, -0.15) is 0 Å². The molecule has 1 N–H and O–H groups in total. The molecule has 1 aromatic heterocycles. The van der Waals surface area contributed by atoms with Gasteiger partial charge >= 0.3 is 0 Å². The minimum absolute atomic E-state index is 0.0798. The zero-order valence-corrected chi connectivity index (χ0v) is 11.5. The van der Waals surface area contributed by atoms with Crippen LogP contribution in [0.15, 0.2) is 24.4 Å². The molecule has 2 rings (SSSR count). The van der Waals surface area contributed by atoms with Crippen LogP contribution in [0.25, 0.3) is 5.69 Å². The summed E-state index contributed by atoms with van der Waals surface area (Å²) in [5.74, 6) is 0. The van der Waals surface area contributed by atoms with Crippen molar-refractivity contribution in [3.63, 3.8) is 0 Å². The molecule has 0 aliphatic heterocycles. The summed E-state index contributed by atoms with van der Waals surface area (Å²) in [6, 6.07) is 4.69. The fourth-order valence-electron chi connectivity index (χ4n) is 1.90. The van der Waals surface area contributed by atoms with Gasteiger partial charge in [-0.25, -0.2) is 4.68 Å². The first-order chi connectivity index (χ1) is 9.61. The Bertz CT molecular complexity index is 609. The van der Waals surface area contributed by atoms with Crippen molar-refractivity contribution in [3.8, 4) is 5.69 Å². The van der Waals surface area contributed by atoms with E-state index >= 15 is 0 Å². The summed E-state index contributed by atoms with van der Waals surface area (Å²) in [6.45, 7) is 5.52. The smallest absolute Gasteiger partial charge is 0.269 e. The predicted octanol–water partition coefficient (Wildman–Crippen LogP) is 1.98. The van der Waals surface area contributed by atoms with Crippen molar-refractivity contribution < 1.29 is 4.92 Å². The molecule has 0 aliphatic carbocycles. The summed E-state index contributed by atoms with van der Waals surface area (Å²) in [5, 5.41) is 22.1. The fourth-order valence-corrected chi connectivity index (χ4v) is 1.90. The molecule has 0 radical (unpaired) electrons. The molecule has 2 aromatic rings. The van der Waals surface area contributed by atoms with Crippen LogP contribution in [-0.4, -0.2) is 26.5 Å². The second kappa shape index (κ2) is 6.25. The number of non-ortho nitro benzene ring substituents is 1. The highest BCUT2D eigenvalue weighted by Crippen LogP contribution is 2.19. The Balaban J connectivity index is 2.17. The fraction of sp³-hybridized carbons (Fsp3) is 0.385. The molecule has 0 unspecified atom stereocenters. The number of nitrogens with zero attached hydrogens (tertiary/aromatic N) is 4. The van der Waals surface area contributed by atoms with E-state index < -0.39 is 4.92 Å². The van der Waals surface area contributed by atoms with E-state index in [1.807, 2.05) is 13.1 Å². The average molecular weight is 275 g/mol. The van der Waals surface area contributed by atoms with Gasteiger partial charge in [0.05, 0.1) is 22.5 Å². The predicted molar refractivity (Wildman–Crippen MR) is 74.7 cm³/mol. The highest BCUT2D eigenvalue weighted by molar-refractivity contribution is 5.47. The van der Waals surface area contributed by atoms with E-state index in [0.717, 1.165) is 29.9 Å². The Kier molecular flexibility index (Phi) is 4.41. The molecule has 106 valence electrons. The van der Waals surface area contributed by atoms with Crippen LogP contribution in [0.4, 0.5) is 5.69 Å². The molecule has 1 aromatic carbocycles. The van der Waals surface area contributed by atoms with Crippen LogP contribution in [0.5, 0.6) is 0 Å². The van der Waals surface area contributed by atoms with Gasteiger partial charge in [0.15, 0.2) is 0 Å². The van der Waals surface area contributed by atoms with Crippen molar-refractivity contribution in [1.29, 1.82) is 0 Å². The van der Waals surface area contributed by atoms with Crippen LogP contribution in [0.1, 0.15) is 24.6 Å². The molecular weight excluding hydrogens is 258 g/mol. The molecule has 0 amide bonds. The van der Waals surface area contributed by atoms with Crippen molar-refractivity contribution in [2.45, 2.75) is 26.8 Å². The summed E-state index contributed by atoms with van der Waals surface area (Å²) >= 11 is 0. The molecule has 0 atom stereocenters. The van der Waals surface area contributed by atoms with Crippen molar-refractivity contribution in [3.05, 3.63) is 45.8 Å². The minimum atomic E-state index is -0.405. The minimum Gasteiger partial charge on any atom is -0.311 e. The van der Waals surface area contributed by atoms with E-state index in [9.17, 15) is 10.1 Å². The molecule has 0 bridgehead atoms. The topological polar surface area (TPSA) is 85.9 Å². The molecule has 1 heterocycles. The number of aromatic nitrogens is 3. The zero-order chi connectivity index (χ0) is 14.5.